The molecular formula is C4H2Cl2F4. The second-order valence-corrected chi connectivity index (χ2v) is 2.43. The van der Waals surface area contributed by atoms with E-state index in [2.05, 4.69) is 11.6 Å². The number of rotatable bonds is 3. The van der Waals surface area contributed by atoms with Crippen molar-refractivity contribution in [3.8, 4) is 0 Å². The number of alkyl halides is 3. The Kier molecular flexibility index (Phi) is 3.73. The molecule has 0 aromatic carbocycles. The maximum absolute atomic E-state index is 12.2. The van der Waals surface area contributed by atoms with E-state index in [9.17, 15) is 17.6 Å². The lowest BCUT2D eigenvalue weighted by Crippen LogP contribution is -2.30. The summed E-state index contributed by atoms with van der Waals surface area (Å²) in [7, 11) is 0. The molecule has 10 heavy (non-hydrogen) atoms. The first kappa shape index (κ1) is 10.3. The van der Waals surface area contributed by atoms with Gasteiger partial charge in [-0.15, -0.1) is 11.6 Å². The molecule has 2 unspecified atom stereocenters. The molecule has 0 rings (SSSR count). The van der Waals surface area contributed by atoms with Crippen LogP contribution in [-0.2, 0) is 0 Å². The Hall–Kier alpha value is 0.300. The molecule has 2 radical (unpaired) electrons. The summed E-state index contributed by atoms with van der Waals surface area (Å²) < 4.78 is 46.3. The van der Waals surface area contributed by atoms with E-state index in [-0.39, 0.29) is 0 Å². The predicted molar refractivity (Wildman–Crippen MR) is 30.2 cm³/mol. The maximum atomic E-state index is 12.2. The highest BCUT2D eigenvalue weighted by atomic mass is 35.5. The summed E-state index contributed by atoms with van der Waals surface area (Å²) >= 11 is 9.18. The van der Waals surface area contributed by atoms with Gasteiger partial charge in [0.05, 0.1) is 0 Å². The third-order valence-electron chi connectivity index (χ3n) is 0.709. The van der Waals surface area contributed by atoms with Crippen molar-refractivity contribution in [2.45, 2.75) is 10.5 Å². The summed E-state index contributed by atoms with van der Waals surface area (Å²) in [5.41, 5.74) is 0. The topological polar surface area (TPSA) is 0 Å². The summed E-state index contributed by atoms with van der Waals surface area (Å²) in [4.78, 5) is 0. The normalized spacial score (nSPS) is 20.7. The lowest BCUT2D eigenvalue weighted by molar-refractivity contribution is 0.122. The van der Waals surface area contributed by atoms with Crippen LogP contribution in [-0.4, -0.2) is 10.5 Å². The Bertz CT molecular complexity index is 105. The van der Waals surface area contributed by atoms with Crippen LogP contribution in [0.5, 0.6) is 0 Å². The van der Waals surface area contributed by atoms with Gasteiger partial charge in [0.25, 0.3) is 5.13 Å². The minimum Gasteiger partial charge on any atom is -0.242 e. The zero-order valence-electron chi connectivity index (χ0n) is 4.42. The highest BCUT2D eigenvalue weighted by molar-refractivity contribution is 6.32. The van der Waals surface area contributed by atoms with E-state index in [0.29, 0.717) is 0 Å². The monoisotopic (exact) mass is 196 g/mol. The van der Waals surface area contributed by atoms with Crippen molar-refractivity contribution in [2.75, 3.05) is 0 Å². The summed E-state index contributed by atoms with van der Waals surface area (Å²) in [6.45, 7) is -0.451. The molecule has 0 saturated heterocycles. The Morgan fingerprint density at radius 2 is 1.90 bits per heavy atom. The Morgan fingerprint density at radius 1 is 1.50 bits per heavy atom. The Labute approximate surface area is 65.1 Å². The number of hydrogen-bond donors (Lipinski definition) is 0. The molecule has 0 amide bonds. The van der Waals surface area contributed by atoms with Crippen LogP contribution in [0.3, 0.4) is 0 Å². The highest BCUT2D eigenvalue weighted by Crippen LogP contribution is 2.38. The van der Waals surface area contributed by atoms with Crippen LogP contribution in [0.15, 0.2) is 0 Å². The molecule has 0 spiro atoms. The zero-order valence-corrected chi connectivity index (χ0v) is 5.93. The zero-order chi connectivity index (χ0) is 8.36. The van der Waals surface area contributed by atoms with Gasteiger partial charge >= 0.3 is 6.43 Å². The van der Waals surface area contributed by atoms with Gasteiger partial charge in [0.15, 0.2) is 6.67 Å². The Balaban J connectivity index is 4.09. The van der Waals surface area contributed by atoms with Crippen LogP contribution in [0.25, 0.3) is 0 Å². The van der Waals surface area contributed by atoms with Crippen molar-refractivity contribution in [3.05, 3.63) is 13.1 Å². The molecule has 0 N–H and O–H groups in total. The molecule has 0 aromatic rings. The fourth-order valence-electron chi connectivity index (χ4n) is 0.183. The number of hydrogen-bond acceptors (Lipinski definition) is 0. The van der Waals surface area contributed by atoms with E-state index in [1.165, 1.54) is 0 Å². The molecule has 60 valence electrons. The van der Waals surface area contributed by atoms with Gasteiger partial charge in [0, 0.05) is 0 Å². The van der Waals surface area contributed by atoms with Gasteiger partial charge in [-0.05, 0) is 0 Å². The standard InChI is InChI=1S/C4H2Cl2F4/c5-2(1-7)4(6,10)3(8)9/h1-2H. The third-order valence-corrected chi connectivity index (χ3v) is 1.59. The molecule has 6 heteroatoms. The molecule has 0 saturated carbocycles. The first-order valence-electron chi connectivity index (χ1n) is 2.06. The van der Waals surface area contributed by atoms with E-state index in [1.807, 2.05) is 0 Å². The maximum Gasteiger partial charge on any atom is 0.363 e. The lowest BCUT2D eigenvalue weighted by Gasteiger charge is -2.17. The van der Waals surface area contributed by atoms with Crippen molar-refractivity contribution < 1.29 is 17.6 Å². The van der Waals surface area contributed by atoms with Crippen molar-refractivity contribution in [1.29, 1.82) is 0 Å². The summed E-state index contributed by atoms with van der Waals surface area (Å²) in [5.74, 6) is 0. The summed E-state index contributed by atoms with van der Waals surface area (Å²) in [6, 6.07) is 0. The summed E-state index contributed by atoms with van der Waals surface area (Å²) in [5, 5.41) is -5.77. The molecule has 0 heterocycles. The largest absolute Gasteiger partial charge is 0.363 e. The quantitative estimate of drug-likeness (QED) is 0.481. The lowest BCUT2D eigenvalue weighted by atomic mass is 10.3. The Morgan fingerprint density at radius 3 is 2.00 bits per heavy atom. The fraction of sp³-hybridized carbons (Fsp3) is 0.500. The van der Waals surface area contributed by atoms with Crippen LogP contribution in [0, 0.1) is 13.1 Å². The molecule has 0 aliphatic carbocycles. The van der Waals surface area contributed by atoms with Crippen LogP contribution < -0.4 is 0 Å². The minimum absolute atomic E-state index is 0.451. The second kappa shape index (κ2) is 3.62. The molecule has 0 nitrogen and oxygen atoms in total. The molecular weight excluding hydrogens is 195 g/mol. The SMILES string of the molecule is F[CH]C(Cl)C(F)(Cl)[C](F)F. The molecule has 2 atom stereocenters. The van der Waals surface area contributed by atoms with E-state index in [0.717, 1.165) is 0 Å². The molecule has 0 aliphatic rings. The van der Waals surface area contributed by atoms with Crippen LogP contribution in [0.2, 0.25) is 0 Å². The van der Waals surface area contributed by atoms with Crippen molar-refractivity contribution in [3.63, 3.8) is 0 Å². The highest BCUT2D eigenvalue weighted by Gasteiger charge is 2.47. The molecule has 0 aliphatic heterocycles. The van der Waals surface area contributed by atoms with Gasteiger partial charge in [-0.2, -0.15) is 8.78 Å². The van der Waals surface area contributed by atoms with Gasteiger partial charge < -0.3 is 0 Å². The van der Waals surface area contributed by atoms with Gasteiger partial charge in [0.1, 0.15) is 5.38 Å². The van der Waals surface area contributed by atoms with Crippen molar-refractivity contribution >= 4 is 23.2 Å². The van der Waals surface area contributed by atoms with Crippen LogP contribution >= 0.6 is 23.2 Å². The predicted octanol–water partition coefficient (Wildman–Crippen LogP) is 3.06. The van der Waals surface area contributed by atoms with Crippen molar-refractivity contribution in [2.24, 2.45) is 0 Å². The van der Waals surface area contributed by atoms with Gasteiger partial charge in [-0.1, -0.05) is 11.6 Å². The number of halogens is 6. The van der Waals surface area contributed by atoms with E-state index in [4.69, 9.17) is 11.6 Å². The van der Waals surface area contributed by atoms with E-state index < -0.39 is 23.6 Å². The average molecular weight is 197 g/mol. The third kappa shape index (κ3) is 2.16. The average Bonchev–Trinajstić information content (AvgIpc) is 1.86. The summed E-state index contributed by atoms with van der Waals surface area (Å²) in [6.07, 6.45) is -2.76. The molecule has 0 aromatic heterocycles. The molecule has 0 bridgehead atoms. The van der Waals surface area contributed by atoms with E-state index >= 15 is 0 Å². The second-order valence-electron chi connectivity index (χ2n) is 1.41. The smallest absolute Gasteiger partial charge is 0.242 e. The van der Waals surface area contributed by atoms with Crippen molar-refractivity contribution in [1.82, 2.24) is 0 Å². The van der Waals surface area contributed by atoms with E-state index in [1.54, 1.807) is 0 Å². The first-order valence-corrected chi connectivity index (χ1v) is 2.88. The van der Waals surface area contributed by atoms with Gasteiger partial charge in [-0.3, -0.25) is 0 Å². The van der Waals surface area contributed by atoms with Gasteiger partial charge in [-0.25, -0.2) is 8.78 Å². The van der Waals surface area contributed by atoms with Crippen LogP contribution in [0.1, 0.15) is 0 Å². The molecule has 0 fully saturated rings. The van der Waals surface area contributed by atoms with Gasteiger partial charge in [0.2, 0.25) is 0 Å². The fourth-order valence-corrected chi connectivity index (χ4v) is 0.313. The first-order chi connectivity index (χ1) is 4.42. The van der Waals surface area contributed by atoms with Crippen LogP contribution in [0.4, 0.5) is 17.6 Å². The minimum atomic E-state index is -3.60.